The van der Waals surface area contributed by atoms with Crippen molar-refractivity contribution in [2.75, 3.05) is 13.2 Å². The number of ether oxygens (including phenoxy) is 1. The Morgan fingerprint density at radius 2 is 1.95 bits per heavy atom. The second kappa shape index (κ2) is 5.08. The Balaban J connectivity index is 2.09. The number of nitrogens with two attached hydrogens (primary N) is 1. The number of cyclic esters (lactones) is 1. The molecule has 0 aromatic heterocycles. The van der Waals surface area contributed by atoms with E-state index < -0.39 is 17.8 Å². The van der Waals surface area contributed by atoms with Gasteiger partial charge in [0.2, 0.25) is 0 Å². The van der Waals surface area contributed by atoms with Crippen LogP contribution in [0.5, 0.6) is 0 Å². The smallest absolute Gasteiger partial charge is 0.416 e. The lowest BCUT2D eigenvalue weighted by Crippen LogP contribution is -2.38. The first-order valence-corrected chi connectivity index (χ1v) is 5.71. The summed E-state index contributed by atoms with van der Waals surface area (Å²) in [4.78, 5) is 12.9. The molecule has 0 radical (unpaired) electrons. The van der Waals surface area contributed by atoms with Gasteiger partial charge in [-0.2, -0.15) is 13.2 Å². The van der Waals surface area contributed by atoms with Crippen LogP contribution in [0.25, 0.3) is 0 Å². The molecule has 4 nitrogen and oxygen atoms in total. The van der Waals surface area contributed by atoms with Gasteiger partial charge in [0, 0.05) is 13.1 Å². The quantitative estimate of drug-likeness (QED) is 0.917. The van der Waals surface area contributed by atoms with Crippen LogP contribution in [0, 0.1) is 0 Å². The predicted molar refractivity (Wildman–Crippen MR) is 61.2 cm³/mol. The molecule has 2 rings (SSSR count). The minimum atomic E-state index is -4.36. The number of halogens is 3. The fourth-order valence-corrected chi connectivity index (χ4v) is 1.87. The number of alkyl halides is 3. The van der Waals surface area contributed by atoms with Crippen LogP contribution >= 0.6 is 0 Å². The Morgan fingerprint density at radius 1 is 1.32 bits per heavy atom. The van der Waals surface area contributed by atoms with Crippen LogP contribution in [0.15, 0.2) is 24.3 Å². The fourth-order valence-electron chi connectivity index (χ4n) is 1.87. The van der Waals surface area contributed by atoms with Crippen molar-refractivity contribution in [3.63, 3.8) is 0 Å². The lowest BCUT2D eigenvalue weighted by Gasteiger charge is -2.20. The molecule has 0 spiro atoms. The molecule has 104 valence electrons. The molecular weight excluding hydrogens is 261 g/mol. The zero-order chi connectivity index (χ0) is 14.0. The van der Waals surface area contributed by atoms with Gasteiger partial charge in [-0.1, -0.05) is 12.1 Å². The molecule has 0 aliphatic carbocycles. The third-order valence-electron chi connectivity index (χ3n) is 2.98. The minimum absolute atomic E-state index is 0.193. The van der Waals surface area contributed by atoms with Crippen molar-refractivity contribution in [2.45, 2.75) is 18.8 Å². The highest BCUT2D eigenvalue weighted by Gasteiger charge is 2.32. The van der Waals surface area contributed by atoms with Crippen LogP contribution in [0.2, 0.25) is 0 Å². The van der Waals surface area contributed by atoms with Gasteiger partial charge in [-0.25, -0.2) is 4.79 Å². The van der Waals surface area contributed by atoms with Crippen LogP contribution in [-0.4, -0.2) is 30.2 Å². The molecule has 1 aromatic rings. The van der Waals surface area contributed by atoms with Crippen LogP contribution in [0.1, 0.15) is 11.1 Å². The van der Waals surface area contributed by atoms with Gasteiger partial charge in [0.15, 0.2) is 0 Å². The number of nitrogens with zero attached hydrogens (tertiary/aromatic N) is 1. The van der Waals surface area contributed by atoms with E-state index >= 15 is 0 Å². The molecular formula is C12H13F3N2O2. The minimum Gasteiger partial charge on any atom is -0.447 e. The van der Waals surface area contributed by atoms with E-state index in [0.29, 0.717) is 5.56 Å². The molecule has 1 fully saturated rings. The summed E-state index contributed by atoms with van der Waals surface area (Å²) < 4.78 is 42.1. The molecule has 1 atom stereocenters. The largest absolute Gasteiger partial charge is 0.447 e. The molecule has 7 heteroatoms. The summed E-state index contributed by atoms with van der Waals surface area (Å²) in [7, 11) is 0. The Labute approximate surface area is 107 Å². The number of carbonyl (C=O) groups is 1. The maximum atomic E-state index is 12.4. The van der Waals surface area contributed by atoms with Gasteiger partial charge in [0.1, 0.15) is 6.61 Å². The second-order valence-corrected chi connectivity index (χ2v) is 4.29. The van der Waals surface area contributed by atoms with Gasteiger partial charge in [-0.05, 0) is 17.7 Å². The van der Waals surface area contributed by atoms with Crippen molar-refractivity contribution < 1.29 is 22.7 Å². The standard InChI is InChI=1S/C12H13F3N2O2/c13-12(14,15)9-3-1-8(2-4-9)6-17-10(5-16)7-19-11(17)18/h1-4,10H,5-7,16H2. The second-order valence-electron chi connectivity index (χ2n) is 4.29. The Morgan fingerprint density at radius 3 is 2.47 bits per heavy atom. The summed E-state index contributed by atoms with van der Waals surface area (Å²) in [6, 6.07) is 4.46. The number of rotatable bonds is 3. The summed E-state index contributed by atoms with van der Waals surface area (Å²) in [5.41, 5.74) is 5.39. The molecule has 0 saturated carbocycles. The summed E-state index contributed by atoms with van der Waals surface area (Å²) in [5, 5.41) is 0. The molecule has 1 heterocycles. The third kappa shape index (κ3) is 2.98. The summed E-state index contributed by atoms with van der Waals surface area (Å²) in [5.74, 6) is 0. The fraction of sp³-hybridized carbons (Fsp3) is 0.417. The van der Waals surface area contributed by atoms with Gasteiger partial charge in [-0.3, -0.25) is 4.90 Å². The van der Waals surface area contributed by atoms with E-state index in [0.717, 1.165) is 12.1 Å². The number of amides is 1. The molecule has 1 aliphatic rings. The van der Waals surface area contributed by atoms with E-state index in [2.05, 4.69) is 0 Å². The van der Waals surface area contributed by atoms with Crippen molar-refractivity contribution in [2.24, 2.45) is 5.73 Å². The number of hydrogen-bond donors (Lipinski definition) is 1. The number of benzene rings is 1. The first-order chi connectivity index (χ1) is 8.91. The monoisotopic (exact) mass is 274 g/mol. The topological polar surface area (TPSA) is 55.6 Å². The van der Waals surface area contributed by atoms with Crippen LogP contribution < -0.4 is 5.73 Å². The van der Waals surface area contributed by atoms with Crippen LogP contribution in [0.4, 0.5) is 18.0 Å². The van der Waals surface area contributed by atoms with Crippen molar-refractivity contribution in [1.82, 2.24) is 4.90 Å². The van der Waals surface area contributed by atoms with E-state index in [1.165, 1.54) is 17.0 Å². The molecule has 2 N–H and O–H groups in total. The lowest BCUT2D eigenvalue weighted by molar-refractivity contribution is -0.137. The van der Waals surface area contributed by atoms with E-state index in [1.807, 2.05) is 0 Å². The van der Waals surface area contributed by atoms with Gasteiger partial charge in [-0.15, -0.1) is 0 Å². The van der Waals surface area contributed by atoms with Crippen molar-refractivity contribution in [3.8, 4) is 0 Å². The number of carbonyl (C=O) groups excluding carboxylic acids is 1. The van der Waals surface area contributed by atoms with E-state index in [1.54, 1.807) is 0 Å². The molecule has 19 heavy (non-hydrogen) atoms. The first-order valence-electron chi connectivity index (χ1n) is 5.71. The van der Waals surface area contributed by atoms with Gasteiger partial charge in [0.05, 0.1) is 11.6 Å². The summed E-state index contributed by atoms with van der Waals surface area (Å²) in [6.45, 7) is 0.668. The van der Waals surface area contributed by atoms with Crippen molar-refractivity contribution in [1.29, 1.82) is 0 Å². The van der Waals surface area contributed by atoms with Crippen molar-refractivity contribution in [3.05, 3.63) is 35.4 Å². The maximum absolute atomic E-state index is 12.4. The number of hydrogen-bond acceptors (Lipinski definition) is 3. The Hall–Kier alpha value is -1.76. The summed E-state index contributed by atoms with van der Waals surface area (Å²) >= 11 is 0. The summed E-state index contributed by atoms with van der Waals surface area (Å²) in [6.07, 6.45) is -4.85. The highest BCUT2D eigenvalue weighted by molar-refractivity contribution is 5.70. The highest BCUT2D eigenvalue weighted by atomic mass is 19.4. The normalized spacial score (nSPS) is 19.7. The average Bonchev–Trinajstić information content (AvgIpc) is 2.70. The maximum Gasteiger partial charge on any atom is 0.416 e. The molecule has 1 aromatic carbocycles. The van der Waals surface area contributed by atoms with Crippen LogP contribution in [0.3, 0.4) is 0 Å². The van der Waals surface area contributed by atoms with Crippen LogP contribution in [-0.2, 0) is 17.5 Å². The average molecular weight is 274 g/mol. The predicted octanol–water partition coefficient (Wildman–Crippen LogP) is 1.98. The molecule has 1 saturated heterocycles. The third-order valence-corrected chi connectivity index (χ3v) is 2.98. The van der Waals surface area contributed by atoms with E-state index in [9.17, 15) is 18.0 Å². The highest BCUT2D eigenvalue weighted by Crippen LogP contribution is 2.29. The Bertz CT molecular complexity index is 459. The Kier molecular flexibility index (Phi) is 3.66. The van der Waals surface area contributed by atoms with Gasteiger partial charge < -0.3 is 10.5 Å². The zero-order valence-corrected chi connectivity index (χ0v) is 9.98. The molecule has 1 aliphatic heterocycles. The SMILES string of the molecule is NCC1COC(=O)N1Cc1ccc(C(F)(F)F)cc1. The first kappa shape index (κ1) is 13.7. The zero-order valence-electron chi connectivity index (χ0n) is 9.98. The molecule has 1 unspecified atom stereocenters. The van der Waals surface area contributed by atoms with E-state index in [-0.39, 0.29) is 25.7 Å². The molecule has 0 bridgehead atoms. The molecule has 1 amide bonds. The van der Waals surface area contributed by atoms with E-state index in [4.69, 9.17) is 10.5 Å². The lowest BCUT2D eigenvalue weighted by atomic mass is 10.1. The van der Waals surface area contributed by atoms with Gasteiger partial charge in [0.25, 0.3) is 0 Å². The van der Waals surface area contributed by atoms with Crippen molar-refractivity contribution >= 4 is 6.09 Å². The van der Waals surface area contributed by atoms with Gasteiger partial charge >= 0.3 is 12.3 Å².